The van der Waals surface area contributed by atoms with Gasteiger partial charge >= 0.3 is 0 Å². The number of aliphatic hydroxyl groups is 1. The Morgan fingerprint density at radius 1 is 0.846 bits per heavy atom. The van der Waals surface area contributed by atoms with Crippen LogP contribution in [0.25, 0.3) is 11.1 Å². The summed E-state index contributed by atoms with van der Waals surface area (Å²) in [6, 6.07) is 25.3. The molecule has 0 aliphatic carbocycles. The van der Waals surface area contributed by atoms with Gasteiger partial charge in [-0.25, -0.2) is 17.2 Å². The Labute approximate surface area is 226 Å². The van der Waals surface area contributed by atoms with E-state index < -0.39 is 27.7 Å². The first kappa shape index (κ1) is 26.7. The van der Waals surface area contributed by atoms with E-state index in [9.17, 15) is 27.1 Å². The lowest BCUT2D eigenvalue weighted by Gasteiger charge is -2.48. The van der Waals surface area contributed by atoms with Gasteiger partial charge in [0.2, 0.25) is 5.91 Å². The highest BCUT2D eigenvalue weighted by Crippen LogP contribution is 2.46. The van der Waals surface area contributed by atoms with E-state index in [4.69, 9.17) is 0 Å². The van der Waals surface area contributed by atoms with Crippen LogP contribution in [0.4, 0.5) is 14.5 Å². The van der Waals surface area contributed by atoms with Crippen molar-refractivity contribution in [2.75, 3.05) is 11.2 Å². The van der Waals surface area contributed by atoms with Gasteiger partial charge < -0.3 is 10.0 Å². The van der Waals surface area contributed by atoms with Crippen molar-refractivity contribution in [3.63, 3.8) is 0 Å². The number of halogens is 2. The van der Waals surface area contributed by atoms with Crippen LogP contribution in [-0.4, -0.2) is 25.7 Å². The van der Waals surface area contributed by atoms with Crippen molar-refractivity contribution in [1.29, 1.82) is 0 Å². The first-order valence-corrected chi connectivity index (χ1v) is 14.4. The number of hydrogen-bond donors (Lipinski definition) is 1. The molecule has 200 valence electrons. The first-order chi connectivity index (χ1) is 18.6. The molecule has 1 amide bonds. The third-order valence-electron chi connectivity index (χ3n) is 7.17. The smallest absolute Gasteiger partial charge is 0.233 e. The normalized spacial score (nSPS) is 18.1. The molecule has 4 aromatic rings. The van der Waals surface area contributed by atoms with E-state index in [1.807, 2.05) is 30.3 Å². The highest BCUT2D eigenvalue weighted by Gasteiger charge is 2.48. The van der Waals surface area contributed by atoms with Crippen LogP contribution in [-0.2, 0) is 14.6 Å². The van der Waals surface area contributed by atoms with Crippen molar-refractivity contribution in [2.24, 2.45) is 5.92 Å². The number of β-lactam (4-membered cyclic amide) rings is 1. The molecular formula is C31H27F2NO4S. The minimum Gasteiger partial charge on any atom is -0.388 e. The third-order valence-corrected chi connectivity index (χ3v) is 8.28. The molecule has 0 spiro atoms. The van der Waals surface area contributed by atoms with E-state index in [2.05, 4.69) is 0 Å². The largest absolute Gasteiger partial charge is 0.388 e. The summed E-state index contributed by atoms with van der Waals surface area (Å²) >= 11 is 0. The number of benzene rings is 4. The van der Waals surface area contributed by atoms with Crippen LogP contribution in [0, 0.1) is 17.6 Å². The van der Waals surface area contributed by atoms with Crippen LogP contribution in [0.15, 0.2) is 102 Å². The van der Waals surface area contributed by atoms with Gasteiger partial charge in [0.25, 0.3) is 0 Å². The lowest BCUT2D eigenvalue weighted by molar-refractivity contribution is -0.131. The molecule has 39 heavy (non-hydrogen) atoms. The molecule has 1 fully saturated rings. The molecule has 4 aromatic carbocycles. The van der Waals surface area contributed by atoms with Crippen molar-refractivity contribution in [3.05, 3.63) is 120 Å². The van der Waals surface area contributed by atoms with Crippen molar-refractivity contribution >= 4 is 21.4 Å². The van der Waals surface area contributed by atoms with E-state index in [1.54, 1.807) is 35.2 Å². The number of carbonyl (C=O) groups is 1. The topological polar surface area (TPSA) is 74.7 Å². The van der Waals surface area contributed by atoms with E-state index in [0.717, 1.165) is 16.7 Å². The number of carbonyl (C=O) groups excluding carboxylic acids is 1. The second-order valence-electron chi connectivity index (χ2n) is 9.80. The zero-order chi connectivity index (χ0) is 27.7. The maximum Gasteiger partial charge on any atom is 0.233 e. The van der Waals surface area contributed by atoms with E-state index in [-0.39, 0.29) is 22.7 Å². The van der Waals surface area contributed by atoms with Gasteiger partial charge in [-0.3, -0.25) is 4.79 Å². The fourth-order valence-electron chi connectivity index (χ4n) is 5.07. The highest BCUT2D eigenvalue weighted by molar-refractivity contribution is 7.90. The van der Waals surface area contributed by atoms with Gasteiger partial charge in [-0.2, -0.15) is 0 Å². The molecule has 5 rings (SSSR count). The summed E-state index contributed by atoms with van der Waals surface area (Å²) in [6.07, 6.45) is 1.03. The van der Waals surface area contributed by atoms with Gasteiger partial charge in [0.15, 0.2) is 9.84 Å². The maximum atomic E-state index is 13.6. The second-order valence-corrected chi connectivity index (χ2v) is 11.8. The fraction of sp³-hybridized carbons (Fsp3) is 0.194. The van der Waals surface area contributed by atoms with Crippen molar-refractivity contribution < 1.29 is 27.1 Å². The maximum absolute atomic E-state index is 13.6. The lowest BCUT2D eigenvalue weighted by atomic mass is 9.78. The number of hydrogen-bond acceptors (Lipinski definition) is 4. The molecule has 1 N–H and O–H groups in total. The number of amides is 1. The SMILES string of the molecule is CS(=O)(=O)c1cccc(-c2ccc([C@@H]3C(CC[C@H](O)c4ccc(F)cc4)C(=O)N3c3ccc(F)cc3)cc2)c1. The van der Waals surface area contributed by atoms with Gasteiger partial charge in [0.1, 0.15) is 11.6 Å². The standard InChI is InChI=1S/C31H27F2NO4S/c1-39(37,38)27-4-2-3-23(19-27)20-5-7-22(8-6-20)30-28(17-18-29(35)21-9-11-24(32)12-10-21)31(36)34(30)26-15-13-25(33)14-16-26/h2-16,19,28-30,35H,17-18H2,1H3/t28?,29-,30+/m0/s1. The number of anilines is 1. The Bertz CT molecular complexity index is 1590. The van der Waals surface area contributed by atoms with E-state index in [1.165, 1.54) is 42.7 Å². The van der Waals surface area contributed by atoms with Crippen LogP contribution < -0.4 is 4.90 Å². The zero-order valence-corrected chi connectivity index (χ0v) is 22.0. The van der Waals surface area contributed by atoms with E-state index >= 15 is 0 Å². The summed E-state index contributed by atoms with van der Waals surface area (Å²) in [5.41, 5.74) is 3.60. The Kier molecular flexibility index (Phi) is 7.34. The summed E-state index contributed by atoms with van der Waals surface area (Å²) < 4.78 is 50.8. The molecule has 8 heteroatoms. The van der Waals surface area contributed by atoms with Crippen LogP contribution >= 0.6 is 0 Å². The minimum atomic E-state index is -3.35. The molecule has 5 nitrogen and oxygen atoms in total. The number of sulfone groups is 1. The molecule has 1 unspecified atom stereocenters. The number of rotatable bonds is 8. The zero-order valence-electron chi connectivity index (χ0n) is 21.2. The van der Waals surface area contributed by atoms with Crippen LogP contribution in [0.5, 0.6) is 0 Å². The first-order valence-electron chi connectivity index (χ1n) is 12.5. The molecule has 0 saturated carbocycles. The van der Waals surface area contributed by atoms with Crippen LogP contribution in [0.1, 0.15) is 36.1 Å². The predicted molar refractivity (Wildman–Crippen MR) is 146 cm³/mol. The fourth-order valence-corrected chi connectivity index (χ4v) is 5.74. The molecular weight excluding hydrogens is 520 g/mol. The molecule has 0 bridgehead atoms. The number of nitrogens with zero attached hydrogens (tertiary/aromatic N) is 1. The highest BCUT2D eigenvalue weighted by atomic mass is 32.2. The molecule has 1 aliphatic rings. The molecule has 0 radical (unpaired) electrons. The van der Waals surface area contributed by atoms with Gasteiger partial charge in [0, 0.05) is 11.9 Å². The summed E-state index contributed by atoms with van der Waals surface area (Å²) in [6.45, 7) is 0. The van der Waals surface area contributed by atoms with Crippen molar-refractivity contribution in [2.45, 2.75) is 29.9 Å². The van der Waals surface area contributed by atoms with Crippen molar-refractivity contribution in [3.8, 4) is 11.1 Å². The minimum absolute atomic E-state index is 0.122. The van der Waals surface area contributed by atoms with Gasteiger partial charge in [0.05, 0.1) is 23.0 Å². The average molecular weight is 548 g/mol. The summed E-state index contributed by atoms with van der Waals surface area (Å²) in [5.74, 6) is -1.32. The summed E-state index contributed by atoms with van der Waals surface area (Å²) in [4.78, 5) is 15.2. The number of aliphatic hydroxyl groups excluding tert-OH is 1. The Morgan fingerprint density at radius 3 is 2.08 bits per heavy atom. The molecule has 1 saturated heterocycles. The molecule has 1 aliphatic heterocycles. The van der Waals surface area contributed by atoms with Crippen molar-refractivity contribution in [1.82, 2.24) is 0 Å². The Hall–Kier alpha value is -3.88. The lowest BCUT2D eigenvalue weighted by Crippen LogP contribution is -2.55. The molecule has 1 heterocycles. The van der Waals surface area contributed by atoms with E-state index in [0.29, 0.717) is 24.1 Å². The Morgan fingerprint density at radius 2 is 1.46 bits per heavy atom. The van der Waals surface area contributed by atoms with Crippen LogP contribution in [0.2, 0.25) is 0 Å². The van der Waals surface area contributed by atoms with Gasteiger partial charge in [-0.15, -0.1) is 0 Å². The predicted octanol–water partition coefficient (Wildman–Crippen LogP) is 6.25. The second kappa shape index (κ2) is 10.7. The summed E-state index contributed by atoms with van der Waals surface area (Å²) in [7, 11) is -3.35. The molecule has 3 atom stereocenters. The monoisotopic (exact) mass is 547 g/mol. The third kappa shape index (κ3) is 5.62. The quantitative estimate of drug-likeness (QED) is 0.265. The average Bonchev–Trinajstić information content (AvgIpc) is 2.93. The van der Waals surface area contributed by atoms with Gasteiger partial charge in [-0.05, 0) is 83.6 Å². The summed E-state index contributed by atoms with van der Waals surface area (Å²) in [5, 5.41) is 10.6. The van der Waals surface area contributed by atoms with Gasteiger partial charge in [-0.1, -0.05) is 48.5 Å². The molecule has 0 aromatic heterocycles. The Balaban J connectivity index is 1.41. The van der Waals surface area contributed by atoms with Crippen LogP contribution in [0.3, 0.4) is 0 Å².